The van der Waals surface area contributed by atoms with E-state index in [1.165, 1.54) is 12.1 Å². The first kappa shape index (κ1) is 17.2. The van der Waals surface area contributed by atoms with Crippen molar-refractivity contribution in [2.75, 3.05) is 0 Å². The van der Waals surface area contributed by atoms with Crippen molar-refractivity contribution in [1.82, 2.24) is 4.57 Å². The maximum Gasteiger partial charge on any atom is 0.218 e. The van der Waals surface area contributed by atoms with Gasteiger partial charge in [0.1, 0.15) is 5.82 Å². The van der Waals surface area contributed by atoms with Crippen LogP contribution in [0.4, 0.5) is 4.39 Å². The molecule has 0 saturated heterocycles. The molecule has 4 heteroatoms. The number of nitrogens with zero attached hydrogens (tertiary/aromatic N) is 1. The number of benzene rings is 2. The van der Waals surface area contributed by atoms with E-state index >= 15 is 0 Å². The smallest absolute Gasteiger partial charge is 0.218 e. The lowest BCUT2D eigenvalue weighted by Crippen LogP contribution is -2.18. The monoisotopic (exact) mass is 338 g/mol. The molecule has 0 aliphatic heterocycles. The Kier molecular flexibility index (Phi) is 4.88. The lowest BCUT2D eigenvalue weighted by molar-refractivity contribution is -0.118. The zero-order valence-corrected chi connectivity index (χ0v) is 14.6. The Balaban J connectivity index is 2.05. The first-order valence-corrected chi connectivity index (χ1v) is 8.56. The van der Waals surface area contributed by atoms with Gasteiger partial charge in [0.2, 0.25) is 5.91 Å². The zero-order valence-electron chi connectivity index (χ0n) is 14.6. The highest BCUT2D eigenvalue weighted by Gasteiger charge is 2.22. The van der Waals surface area contributed by atoms with Crippen molar-refractivity contribution in [3.05, 3.63) is 71.7 Å². The van der Waals surface area contributed by atoms with Gasteiger partial charge < -0.3 is 10.3 Å². The Morgan fingerprint density at radius 2 is 1.80 bits per heavy atom. The quantitative estimate of drug-likeness (QED) is 0.709. The van der Waals surface area contributed by atoms with Crippen LogP contribution < -0.4 is 5.73 Å². The fourth-order valence-corrected chi connectivity index (χ4v) is 3.41. The third kappa shape index (κ3) is 3.73. The molecule has 0 bridgehead atoms. The number of para-hydroxylation sites is 1. The number of fused-ring (bicyclic) bond motifs is 1. The number of nitrogens with two attached hydrogens (primary N) is 1. The fourth-order valence-electron chi connectivity index (χ4n) is 3.41. The fraction of sp³-hybridized carbons (Fsp3) is 0.286. The molecule has 0 fully saturated rings. The second-order valence-electron chi connectivity index (χ2n) is 6.88. The Labute approximate surface area is 147 Å². The predicted molar refractivity (Wildman–Crippen MR) is 98.8 cm³/mol. The molecule has 0 radical (unpaired) electrons. The van der Waals surface area contributed by atoms with Crippen LogP contribution in [0.15, 0.2) is 54.7 Å². The van der Waals surface area contributed by atoms with Crippen LogP contribution in [0.3, 0.4) is 0 Å². The average molecular weight is 338 g/mol. The number of primary amides is 1. The molecule has 0 spiro atoms. The van der Waals surface area contributed by atoms with E-state index in [1.807, 2.05) is 12.1 Å². The van der Waals surface area contributed by atoms with Gasteiger partial charge in [0, 0.05) is 30.1 Å². The number of halogens is 1. The summed E-state index contributed by atoms with van der Waals surface area (Å²) in [5.74, 6) is -0.133. The Morgan fingerprint density at radius 1 is 1.12 bits per heavy atom. The molecule has 0 saturated carbocycles. The molecule has 130 valence electrons. The Bertz CT molecular complexity index is 881. The summed E-state index contributed by atoms with van der Waals surface area (Å²) in [4.78, 5) is 11.5. The highest BCUT2D eigenvalue weighted by atomic mass is 19.1. The maximum atomic E-state index is 13.1. The molecule has 1 aromatic heterocycles. The number of hydrogen-bond donors (Lipinski definition) is 1. The van der Waals surface area contributed by atoms with E-state index in [-0.39, 0.29) is 17.6 Å². The minimum Gasteiger partial charge on any atom is -0.370 e. The highest BCUT2D eigenvalue weighted by Crippen LogP contribution is 2.34. The molecule has 0 unspecified atom stereocenters. The lowest BCUT2D eigenvalue weighted by atomic mass is 9.85. The summed E-state index contributed by atoms with van der Waals surface area (Å²) < 4.78 is 15.3. The number of hydrogen-bond acceptors (Lipinski definition) is 1. The van der Waals surface area contributed by atoms with Crippen LogP contribution in [0.2, 0.25) is 0 Å². The predicted octanol–water partition coefficient (Wildman–Crippen LogP) is 4.44. The van der Waals surface area contributed by atoms with Crippen LogP contribution in [-0.2, 0) is 11.3 Å². The second-order valence-corrected chi connectivity index (χ2v) is 6.88. The number of rotatable bonds is 6. The van der Waals surface area contributed by atoms with E-state index in [1.54, 1.807) is 12.1 Å². The molecule has 0 aliphatic carbocycles. The van der Waals surface area contributed by atoms with E-state index < -0.39 is 0 Å². The van der Waals surface area contributed by atoms with Gasteiger partial charge in [0.05, 0.1) is 0 Å². The standard InChI is InChI=1S/C21H23FN2O/c1-14(2)18(11-21(23)25)19-13-24(20-6-4-3-5-17(19)20)12-15-7-9-16(22)10-8-15/h3-10,13-14,18H,11-12H2,1-2H3,(H2,23,25)/t18-/m0/s1. The topological polar surface area (TPSA) is 48.0 Å². The van der Waals surface area contributed by atoms with Gasteiger partial charge in [-0.3, -0.25) is 4.79 Å². The van der Waals surface area contributed by atoms with Crippen LogP contribution in [0.25, 0.3) is 10.9 Å². The van der Waals surface area contributed by atoms with Gasteiger partial charge >= 0.3 is 0 Å². The van der Waals surface area contributed by atoms with Crippen molar-refractivity contribution in [2.24, 2.45) is 11.7 Å². The van der Waals surface area contributed by atoms with Gasteiger partial charge in [0.15, 0.2) is 0 Å². The summed E-state index contributed by atoms with van der Waals surface area (Å²) in [5, 5.41) is 1.14. The van der Waals surface area contributed by atoms with Gasteiger partial charge in [-0.05, 0) is 41.2 Å². The maximum absolute atomic E-state index is 13.1. The number of carbonyl (C=O) groups excluding carboxylic acids is 1. The second kappa shape index (κ2) is 7.09. The molecule has 1 heterocycles. The van der Waals surface area contributed by atoms with Crippen molar-refractivity contribution in [3.63, 3.8) is 0 Å². The van der Waals surface area contributed by atoms with E-state index in [4.69, 9.17) is 5.73 Å². The molecular weight excluding hydrogens is 315 g/mol. The molecule has 3 rings (SSSR count). The largest absolute Gasteiger partial charge is 0.370 e. The number of amides is 1. The summed E-state index contributed by atoms with van der Waals surface area (Å²) in [5.41, 5.74) is 8.76. The molecule has 1 atom stereocenters. The lowest BCUT2D eigenvalue weighted by Gasteiger charge is -2.19. The van der Waals surface area contributed by atoms with Gasteiger partial charge in [-0.25, -0.2) is 4.39 Å². The third-order valence-corrected chi connectivity index (χ3v) is 4.71. The molecule has 3 nitrogen and oxygen atoms in total. The van der Waals surface area contributed by atoms with Gasteiger partial charge in [-0.15, -0.1) is 0 Å². The first-order valence-electron chi connectivity index (χ1n) is 8.56. The van der Waals surface area contributed by atoms with Crippen LogP contribution >= 0.6 is 0 Å². The minimum absolute atomic E-state index is 0.0804. The summed E-state index contributed by atoms with van der Waals surface area (Å²) in [6.45, 7) is 4.88. The van der Waals surface area contributed by atoms with E-state index in [2.05, 4.69) is 36.7 Å². The Hall–Kier alpha value is -2.62. The summed E-state index contributed by atoms with van der Waals surface area (Å²) >= 11 is 0. The average Bonchev–Trinajstić information content (AvgIpc) is 2.93. The molecule has 3 aromatic rings. The molecule has 1 amide bonds. The van der Waals surface area contributed by atoms with Crippen molar-refractivity contribution in [1.29, 1.82) is 0 Å². The summed E-state index contributed by atoms with van der Waals surface area (Å²) in [6.07, 6.45) is 2.45. The van der Waals surface area contributed by atoms with Crippen molar-refractivity contribution in [3.8, 4) is 0 Å². The molecule has 0 aliphatic rings. The normalized spacial score (nSPS) is 12.6. The number of carbonyl (C=O) groups is 1. The Morgan fingerprint density at radius 3 is 2.44 bits per heavy atom. The van der Waals surface area contributed by atoms with Crippen molar-refractivity contribution in [2.45, 2.75) is 32.7 Å². The molecule has 25 heavy (non-hydrogen) atoms. The van der Waals surface area contributed by atoms with Crippen LogP contribution in [0.1, 0.15) is 37.3 Å². The SMILES string of the molecule is CC(C)[C@H](CC(N)=O)c1cn(Cc2ccc(F)cc2)c2ccccc12. The summed E-state index contributed by atoms with van der Waals surface area (Å²) in [7, 11) is 0. The van der Waals surface area contributed by atoms with E-state index in [0.29, 0.717) is 18.9 Å². The van der Waals surface area contributed by atoms with Crippen molar-refractivity contribution < 1.29 is 9.18 Å². The highest BCUT2D eigenvalue weighted by molar-refractivity contribution is 5.85. The first-order chi connectivity index (χ1) is 12.0. The van der Waals surface area contributed by atoms with Crippen LogP contribution in [0.5, 0.6) is 0 Å². The van der Waals surface area contributed by atoms with E-state index in [9.17, 15) is 9.18 Å². The van der Waals surface area contributed by atoms with Crippen LogP contribution in [0, 0.1) is 11.7 Å². The van der Waals surface area contributed by atoms with Crippen molar-refractivity contribution >= 4 is 16.8 Å². The minimum atomic E-state index is -0.283. The van der Waals surface area contributed by atoms with Crippen LogP contribution in [-0.4, -0.2) is 10.5 Å². The summed E-state index contributed by atoms with van der Waals surface area (Å²) in [6, 6.07) is 14.7. The molecule has 2 N–H and O–H groups in total. The number of aromatic nitrogens is 1. The molecule has 2 aromatic carbocycles. The van der Waals surface area contributed by atoms with Gasteiger partial charge in [-0.2, -0.15) is 0 Å². The van der Waals surface area contributed by atoms with Gasteiger partial charge in [0.25, 0.3) is 0 Å². The molecular formula is C21H23FN2O. The third-order valence-electron chi connectivity index (χ3n) is 4.71. The zero-order chi connectivity index (χ0) is 18.0. The van der Waals surface area contributed by atoms with Gasteiger partial charge in [-0.1, -0.05) is 44.2 Å². The van der Waals surface area contributed by atoms with E-state index in [0.717, 1.165) is 22.0 Å².